The summed E-state index contributed by atoms with van der Waals surface area (Å²) in [6.45, 7) is 16.9. The second-order valence-electron chi connectivity index (χ2n) is 26.6. The molecule has 2 atom stereocenters. The van der Waals surface area contributed by atoms with Gasteiger partial charge in [-0.15, -0.1) is 23.5 Å². The lowest BCUT2D eigenvalue weighted by molar-refractivity contribution is 0.758. The van der Waals surface area contributed by atoms with E-state index >= 15 is 0 Å². The number of nitrogens with zero attached hydrogens (tertiary/aromatic N) is 2. The van der Waals surface area contributed by atoms with E-state index in [2.05, 4.69) is 378 Å². The fourth-order valence-corrected chi connectivity index (χ4v) is 17.4. The van der Waals surface area contributed by atoms with Crippen molar-refractivity contribution >= 4 is 69.8 Å². The minimum absolute atomic E-state index is 0.597. The molecule has 0 N–H and O–H groups in total. The predicted molar refractivity (Wildman–Crippen MR) is 427 cm³/mol. The molecule has 16 rings (SSSR count). The van der Waals surface area contributed by atoms with Gasteiger partial charge in [0, 0.05) is 55.4 Å². The van der Waals surface area contributed by atoms with Crippen LogP contribution in [0.1, 0.15) is 89.0 Å². The van der Waals surface area contributed by atoms with Crippen LogP contribution in [0.15, 0.2) is 351 Å². The molecule has 0 fully saturated rings. The van der Waals surface area contributed by atoms with Crippen molar-refractivity contribution in [2.24, 2.45) is 0 Å². The minimum Gasteiger partial charge on any atom is -0.310 e. The second-order valence-corrected chi connectivity index (χ2v) is 28.7. The third-order valence-corrected chi connectivity index (χ3v) is 22.8. The summed E-state index contributed by atoms with van der Waals surface area (Å²) < 4.78 is 0. The fraction of sp³-hybridized carbons (Fsp3) is 0.0833. The average Bonchev–Trinajstić information content (AvgIpc) is 1.54. The Morgan fingerprint density at radius 1 is 0.290 bits per heavy atom. The molecule has 0 bridgehead atoms. The van der Waals surface area contributed by atoms with E-state index < -0.39 is 10.8 Å². The zero-order chi connectivity index (χ0) is 67.9. The van der Waals surface area contributed by atoms with Crippen LogP contribution in [0.2, 0.25) is 0 Å². The molecular formula is C96H76N2S2. The van der Waals surface area contributed by atoms with Gasteiger partial charge in [-0.2, -0.15) is 0 Å². The summed E-state index contributed by atoms with van der Waals surface area (Å²) in [6.07, 6.45) is 3.80. The molecule has 4 heteroatoms. The maximum absolute atomic E-state index is 3.96. The number of hydrogen-bond donors (Lipinski definition) is 0. The molecule has 0 radical (unpaired) electrons. The van der Waals surface area contributed by atoms with E-state index in [-0.39, 0.29) is 0 Å². The normalized spacial score (nSPS) is 14.7. The quantitative estimate of drug-likeness (QED) is 0.0744. The minimum atomic E-state index is -0.597. The van der Waals surface area contributed by atoms with Gasteiger partial charge in [-0.3, -0.25) is 0 Å². The Balaban J connectivity index is 0.752. The Morgan fingerprint density at radius 3 is 1.01 bits per heavy atom. The van der Waals surface area contributed by atoms with Gasteiger partial charge >= 0.3 is 0 Å². The van der Waals surface area contributed by atoms with E-state index in [4.69, 9.17) is 0 Å². The molecule has 2 aliphatic carbocycles. The van der Waals surface area contributed by atoms with Gasteiger partial charge in [0.1, 0.15) is 0 Å². The molecule has 0 aliphatic heterocycles. The first-order valence-electron chi connectivity index (χ1n) is 34.5. The number of anilines is 6. The van der Waals surface area contributed by atoms with Crippen LogP contribution in [-0.2, 0) is 22.3 Å². The first kappa shape index (κ1) is 63.6. The van der Waals surface area contributed by atoms with Crippen molar-refractivity contribution in [2.45, 2.75) is 59.8 Å². The molecule has 0 amide bonds. The molecule has 0 saturated heterocycles. The van der Waals surface area contributed by atoms with Crippen molar-refractivity contribution in [3.05, 3.63) is 430 Å². The smallest absolute Gasteiger partial charge is 0.0716 e. The van der Waals surface area contributed by atoms with Gasteiger partial charge in [0.25, 0.3) is 0 Å². The van der Waals surface area contributed by atoms with Gasteiger partial charge in [0.05, 0.1) is 10.8 Å². The standard InChI is InChI=1S/C96H76N2S2/c1-7-69-31-35-71(36-32-69)63-99-83-53-43-75(44-54-83)95(91-59-65(3)27-29-67(91)5)89-25-17-15-23-85(89)87-57-51-81(61-93(87)95)97(77-19-11-9-12-20-77)79-47-39-73(40-48-79)74-41-49-80(50-42-74)98(78-21-13-10-14-22-78)82-52-58-88-86-24-16-18-26-90(86)96(94(88)62-82,92-60-66(4)28-30-68(92)6)76-45-55-84(56-46-76)100-64-72-37-33-70(8-2)34-38-72/h7-62H,1-2,63-64H2,3-6H3/t95-,96?/m0/s1. The third-order valence-electron chi connectivity index (χ3n) is 20.6. The van der Waals surface area contributed by atoms with Crippen LogP contribution in [0.5, 0.6) is 0 Å². The number of para-hydroxylation sites is 2. The lowest BCUT2D eigenvalue weighted by Crippen LogP contribution is -2.30. The van der Waals surface area contributed by atoms with E-state index in [1.807, 2.05) is 35.7 Å². The number of fused-ring (bicyclic) bond motifs is 6. The van der Waals surface area contributed by atoms with Gasteiger partial charge < -0.3 is 9.80 Å². The molecule has 482 valence electrons. The zero-order valence-electron chi connectivity index (χ0n) is 56.9. The lowest BCUT2D eigenvalue weighted by Gasteiger charge is -2.36. The van der Waals surface area contributed by atoms with Crippen LogP contribution in [0, 0.1) is 27.7 Å². The van der Waals surface area contributed by atoms with E-state index in [1.165, 1.54) is 110 Å². The van der Waals surface area contributed by atoms with Crippen molar-refractivity contribution in [3.63, 3.8) is 0 Å². The average molecular weight is 1320 g/mol. The first-order chi connectivity index (χ1) is 49.1. The van der Waals surface area contributed by atoms with E-state index in [1.54, 1.807) is 0 Å². The number of benzene rings is 14. The van der Waals surface area contributed by atoms with Crippen LogP contribution in [-0.4, -0.2) is 0 Å². The maximum atomic E-state index is 3.96. The fourth-order valence-electron chi connectivity index (χ4n) is 15.7. The summed E-state index contributed by atoms with van der Waals surface area (Å²) in [5.74, 6) is 1.78. The summed E-state index contributed by atoms with van der Waals surface area (Å²) in [6, 6.07) is 123. The molecule has 100 heavy (non-hydrogen) atoms. The first-order valence-corrected chi connectivity index (χ1v) is 36.5. The molecule has 0 heterocycles. The van der Waals surface area contributed by atoms with Gasteiger partial charge in [-0.25, -0.2) is 0 Å². The number of hydrogen-bond acceptors (Lipinski definition) is 4. The summed E-state index contributed by atoms with van der Waals surface area (Å²) in [5.41, 5.74) is 32.8. The highest BCUT2D eigenvalue weighted by atomic mass is 32.2. The molecule has 2 nitrogen and oxygen atoms in total. The predicted octanol–water partition coefficient (Wildman–Crippen LogP) is 26.1. The van der Waals surface area contributed by atoms with Gasteiger partial charge in [-0.05, 0) is 236 Å². The highest BCUT2D eigenvalue weighted by molar-refractivity contribution is 7.98. The van der Waals surface area contributed by atoms with E-state index in [0.717, 1.165) is 67.9 Å². The summed E-state index contributed by atoms with van der Waals surface area (Å²) in [5, 5.41) is 0. The zero-order valence-corrected chi connectivity index (χ0v) is 58.5. The second kappa shape index (κ2) is 26.9. The van der Waals surface area contributed by atoms with Crippen LogP contribution in [0.4, 0.5) is 34.1 Å². The van der Waals surface area contributed by atoms with Crippen LogP contribution < -0.4 is 9.80 Å². The van der Waals surface area contributed by atoms with Crippen LogP contribution in [0.25, 0.3) is 45.5 Å². The third kappa shape index (κ3) is 11.4. The van der Waals surface area contributed by atoms with Crippen molar-refractivity contribution in [1.82, 2.24) is 0 Å². The molecule has 14 aromatic rings. The van der Waals surface area contributed by atoms with Crippen molar-refractivity contribution < 1.29 is 0 Å². The van der Waals surface area contributed by atoms with Gasteiger partial charge in [-0.1, -0.05) is 267 Å². The summed E-state index contributed by atoms with van der Waals surface area (Å²) in [4.78, 5) is 7.33. The van der Waals surface area contributed by atoms with Crippen LogP contribution >= 0.6 is 23.5 Å². The Kier molecular flexibility index (Phi) is 17.1. The maximum Gasteiger partial charge on any atom is 0.0716 e. The molecule has 1 unspecified atom stereocenters. The molecule has 0 saturated carbocycles. The van der Waals surface area contributed by atoms with E-state index in [0.29, 0.717) is 0 Å². The lowest BCUT2D eigenvalue weighted by atomic mass is 9.66. The molecular weight excluding hydrogens is 1250 g/mol. The van der Waals surface area contributed by atoms with Crippen molar-refractivity contribution in [3.8, 4) is 33.4 Å². The Labute approximate surface area is 598 Å². The largest absolute Gasteiger partial charge is 0.310 e. The Hall–Kier alpha value is -11.1. The molecule has 0 aromatic heterocycles. The molecule has 0 spiro atoms. The van der Waals surface area contributed by atoms with Gasteiger partial charge in [0.15, 0.2) is 0 Å². The SMILES string of the molecule is C=Cc1ccc(CSc2ccc(C3(c4cc(C)ccc4C)c4ccccc4-c4ccc(N(c5ccccc5)c5ccc(-c6ccc(N(c7ccccc7)c7ccc8c(c7)[C@](c7ccc(SCc9ccc(C=C)cc9)cc7)(c7cc(C)ccc7C)c7ccccc7-8)cc6)cc5)cc43)cc2)cc1. The Morgan fingerprint density at radius 2 is 0.630 bits per heavy atom. The summed E-state index contributed by atoms with van der Waals surface area (Å²) >= 11 is 3.75. The molecule has 2 aliphatic rings. The van der Waals surface area contributed by atoms with Crippen LogP contribution in [0.3, 0.4) is 0 Å². The number of aryl methyl sites for hydroxylation is 4. The summed E-state index contributed by atoms with van der Waals surface area (Å²) in [7, 11) is 0. The highest BCUT2D eigenvalue weighted by Gasteiger charge is 2.49. The van der Waals surface area contributed by atoms with Crippen molar-refractivity contribution in [2.75, 3.05) is 9.80 Å². The number of thioether (sulfide) groups is 2. The number of rotatable bonds is 19. The molecule has 14 aromatic carbocycles. The monoisotopic (exact) mass is 1320 g/mol. The topological polar surface area (TPSA) is 6.48 Å². The van der Waals surface area contributed by atoms with E-state index in [9.17, 15) is 0 Å². The van der Waals surface area contributed by atoms with Crippen molar-refractivity contribution in [1.29, 1.82) is 0 Å². The Bertz CT molecular complexity index is 5010. The van der Waals surface area contributed by atoms with Gasteiger partial charge in [0.2, 0.25) is 0 Å². The highest BCUT2D eigenvalue weighted by Crippen LogP contribution is 2.60.